The van der Waals surface area contributed by atoms with Crippen LogP contribution in [0.25, 0.3) is 22.4 Å². The number of nitrogens with one attached hydrogen (secondary N) is 1. The maximum atomic E-state index is 14.7. The Morgan fingerprint density at radius 3 is 2.69 bits per heavy atom. The second-order valence-electron chi connectivity index (χ2n) is 6.22. The lowest BCUT2D eigenvalue weighted by Gasteiger charge is -2.22. The van der Waals surface area contributed by atoms with Gasteiger partial charge in [-0.1, -0.05) is 0 Å². The molecular weight excluding hydrogens is 355 g/mol. The van der Waals surface area contributed by atoms with Crippen LogP contribution in [0, 0.1) is 5.82 Å². The van der Waals surface area contributed by atoms with Crippen molar-refractivity contribution in [2.24, 2.45) is 0 Å². The highest BCUT2D eigenvalue weighted by Gasteiger charge is 2.26. The van der Waals surface area contributed by atoms with Crippen LogP contribution in [0.1, 0.15) is 12.6 Å². The summed E-state index contributed by atoms with van der Waals surface area (Å²) in [6.45, 7) is 3.57. The molecule has 0 aliphatic carbocycles. The maximum absolute atomic E-state index is 14.7. The first kappa shape index (κ1) is 18.4. The van der Waals surface area contributed by atoms with Crippen LogP contribution in [0.5, 0.6) is 5.75 Å². The molecule has 1 atom stereocenters. The Morgan fingerprint density at radius 2 is 2.00 bits per heavy atom. The van der Waals surface area contributed by atoms with Crippen LogP contribution >= 0.6 is 12.4 Å². The van der Waals surface area contributed by atoms with Crippen molar-refractivity contribution in [3.05, 3.63) is 54.2 Å². The Morgan fingerprint density at radius 1 is 1.23 bits per heavy atom. The third kappa shape index (κ3) is 3.18. The van der Waals surface area contributed by atoms with E-state index in [0.29, 0.717) is 29.6 Å². The van der Waals surface area contributed by atoms with Crippen LogP contribution in [0.15, 0.2) is 42.7 Å². The van der Waals surface area contributed by atoms with Gasteiger partial charge < -0.3 is 10.1 Å². The van der Waals surface area contributed by atoms with Crippen molar-refractivity contribution in [1.82, 2.24) is 20.1 Å². The van der Waals surface area contributed by atoms with Gasteiger partial charge in [0, 0.05) is 42.2 Å². The van der Waals surface area contributed by atoms with Crippen molar-refractivity contribution < 1.29 is 9.13 Å². The van der Waals surface area contributed by atoms with E-state index in [-0.39, 0.29) is 18.2 Å². The van der Waals surface area contributed by atoms with Crippen molar-refractivity contribution in [1.29, 1.82) is 0 Å². The van der Waals surface area contributed by atoms with Crippen molar-refractivity contribution in [3.63, 3.8) is 0 Å². The fourth-order valence-electron chi connectivity index (χ4n) is 3.25. The van der Waals surface area contributed by atoms with E-state index in [0.717, 1.165) is 23.4 Å². The smallest absolute Gasteiger partial charge is 0.136 e. The van der Waals surface area contributed by atoms with Crippen LogP contribution in [0.4, 0.5) is 4.39 Å². The molecule has 3 aromatic rings. The molecular formula is C19H20ClFN4O. The van der Waals surface area contributed by atoms with Crippen LogP contribution in [-0.4, -0.2) is 27.9 Å². The van der Waals surface area contributed by atoms with Gasteiger partial charge in [0.2, 0.25) is 0 Å². The average Bonchev–Trinajstić information content (AvgIpc) is 3.00. The van der Waals surface area contributed by atoms with Crippen molar-refractivity contribution in [2.45, 2.75) is 26.1 Å². The largest absolute Gasteiger partial charge is 0.497 e. The minimum absolute atomic E-state index is 0. The van der Waals surface area contributed by atoms with Crippen molar-refractivity contribution in [2.75, 3.05) is 7.11 Å². The van der Waals surface area contributed by atoms with Gasteiger partial charge in [-0.3, -0.25) is 9.67 Å². The highest BCUT2D eigenvalue weighted by Crippen LogP contribution is 2.37. The topological polar surface area (TPSA) is 52.0 Å². The second kappa shape index (κ2) is 7.43. The van der Waals surface area contributed by atoms with E-state index in [4.69, 9.17) is 9.84 Å². The number of hydrogen-bond donors (Lipinski definition) is 1. The van der Waals surface area contributed by atoms with Gasteiger partial charge in [0.05, 0.1) is 19.3 Å². The van der Waals surface area contributed by atoms with Crippen LogP contribution in [-0.2, 0) is 13.1 Å². The van der Waals surface area contributed by atoms with Crippen molar-refractivity contribution >= 4 is 12.4 Å². The zero-order valence-corrected chi connectivity index (χ0v) is 15.4. The number of pyridine rings is 1. The summed E-state index contributed by atoms with van der Waals surface area (Å²) in [7, 11) is 1.53. The summed E-state index contributed by atoms with van der Waals surface area (Å²) in [5.41, 5.74) is 4.12. The van der Waals surface area contributed by atoms with Gasteiger partial charge in [0.15, 0.2) is 0 Å². The molecule has 0 saturated carbocycles. The molecule has 0 saturated heterocycles. The molecule has 0 radical (unpaired) electrons. The SMILES string of the molecule is COc1ccc(-c2nn3c(c2-c2ccncc2)CN[C@H](C)C3)c(F)c1.Cl. The summed E-state index contributed by atoms with van der Waals surface area (Å²) in [5.74, 6) is 0.150. The summed E-state index contributed by atoms with van der Waals surface area (Å²) in [5, 5.41) is 8.20. The lowest BCUT2D eigenvalue weighted by Crippen LogP contribution is -2.36. The summed E-state index contributed by atoms with van der Waals surface area (Å²) in [4.78, 5) is 4.09. The Bertz CT molecular complexity index is 913. The molecule has 3 heterocycles. The number of aromatic nitrogens is 3. The number of halogens is 2. The molecule has 1 aromatic carbocycles. The van der Waals surface area contributed by atoms with Gasteiger partial charge in [-0.05, 0) is 36.8 Å². The predicted molar refractivity (Wildman–Crippen MR) is 101 cm³/mol. The molecule has 4 rings (SSSR count). The number of rotatable bonds is 3. The maximum Gasteiger partial charge on any atom is 0.136 e. The van der Waals surface area contributed by atoms with Gasteiger partial charge in [-0.15, -0.1) is 12.4 Å². The Kier molecular flexibility index (Phi) is 5.25. The minimum Gasteiger partial charge on any atom is -0.497 e. The molecule has 1 aliphatic heterocycles. The number of ether oxygens (including phenoxy) is 1. The van der Waals surface area contributed by atoms with Gasteiger partial charge >= 0.3 is 0 Å². The monoisotopic (exact) mass is 374 g/mol. The second-order valence-corrected chi connectivity index (χ2v) is 6.22. The van der Waals surface area contributed by atoms with Gasteiger partial charge in [-0.25, -0.2) is 4.39 Å². The average molecular weight is 375 g/mol. The fourth-order valence-corrected chi connectivity index (χ4v) is 3.25. The van der Waals surface area contributed by atoms with Gasteiger partial charge in [-0.2, -0.15) is 5.10 Å². The number of methoxy groups -OCH3 is 1. The van der Waals surface area contributed by atoms with Crippen LogP contribution in [0.3, 0.4) is 0 Å². The predicted octanol–water partition coefficient (Wildman–Crippen LogP) is 3.67. The molecule has 0 amide bonds. The Balaban J connectivity index is 0.00000196. The summed E-state index contributed by atoms with van der Waals surface area (Å²) < 4.78 is 21.8. The summed E-state index contributed by atoms with van der Waals surface area (Å²) >= 11 is 0. The molecule has 0 fully saturated rings. The third-order valence-electron chi connectivity index (χ3n) is 4.52. The zero-order valence-electron chi connectivity index (χ0n) is 14.6. The molecule has 136 valence electrons. The molecule has 5 nitrogen and oxygen atoms in total. The molecule has 26 heavy (non-hydrogen) atoms. The molecule has 2 aromatic heterocycles. The summed E-state index contributed by atoms with van der Waals surface area (Å²) in [6.07, 6.45) is 3.48. The minimum atomic E-state index is -0.342. The normalized spacial score (nSPS) is 15.9. The standard InChI is InChI=1S/C19H19FN4O.ClH/c1-12-11-24-17(10-22-12)18(13-5-7-21-8-6-13)19(23-24)15-4-3-14(25-2)9-16(15)20;/h3-9,12,22H,10-11H2,1-2H3;1H/t12-;/m1./s1. The van der Waals surface area contributed by atoms with E-state index >= 15 is 0 Å². The first-order valence-corrected chi connectivity index (χ1v) is 8.24. The fraction of sp³-hybridized carbons (Fsp3) is 0.263. The van der Waals surface area contributed by atoms with Gasteiger partial charge in [0.25, 0.3) is 0 Å². The van der Waals surface area contributed by atoms with Crippen LogP contribution in [0.2, 0.25) is 0 Å². The highest BCUT2D eigenvalue weighted by molar-refractivity contribution is 5.85. The molecule has 7 heteroatoms. The van der Waals surface area contributed by atoms with E-state index in [2.05, 4.69) is 17.2 Å². The Hall–Kier alpha value is -2.44. The third-order valence-corrected chi connectivity index (χ3v) is 4.52. The van der Waals surface area contributed by atoms with E-state index < -0.39 is 0 Å². The number of nitrogens with zero attached hydrogens (tertiary/aromatic N) is 3. The van der Waals surface area contributed by atoms with E-state index in [9.17, 15) is 4.39 Å². The van der Waals surface area contributed by atoms with Crippen LogP contribution < -0.4 is 10.1 Å². The van der Waals surface area contributed by atoms with Crippen molar-refractivity contribution in [3.8, 4) is 28.1 Å². The molecule has 0 unspecified atom stereocenters. The van der Waals surface area contributed by atoms with E-state index in [1.807, 2.05) is 16.8 Å². The number of fused-ring (bicyclic) bond motifs is 1. The molecule has 1 N–H and O–H groups in total. The van der Waals surface area contributed by atoms with E-state index in [1.54, 1.807) is 24.5 Å². The first-order chi connectivity index (χ1) is 12.2. The lowest BCUT2D eigenvalue weighted by molar-refractivity contribution is 0.390. The molecule has 0 spiro atoms. The summed E-state index contributed by atoms with van der Waals surface area (Å²) in [6, 6.07) is 9.07. The van der Waals surface area contributed by atoms with E-state index in [1.165, 1.54) is 13.2 Å². The zero-order chi connectivity index (χ0) is 17.4. The Labute approximate surface area is 157 Å². The quantitative estimate of drug-likeness (QED) is 0.760. The number of hydrogen-bond acceptors (Lipinski definition) is 4. The first-order valence-electron chi connectivity index (χ1n) is 8.24. The molecule has 1 aliphatic rings. The molecule has 0 bridgehead atoms. The van der Waals surface area contributed by atoms with Gasteiger partial charge in [0.1, 0.15) is 17.3 Å². The number of benzene rings is 1. The lowest BCUT2D eigenvalue weighted by atomic mass is 9.98. The highest BCUT2D eigenvalue weighted by atomic mass is 35.5.